The highest BCUT2D eigenvalue weighted by Crippen LogP contribution is 2.17. The number of nitrogens with zero attached hydrogens (tertiary/aromatic N) is 1. The number of aromatic nitrogens is 1. The van der Waals surface area contributed by atoms with Gasteiger partial charge in [0.1, 0.15) is 5.69 Å². The lowest BCUT2D eigenvalue weighted by Gasteiger charge is -2.07. The minimum absolute atomic E-state index is 0.0600. The van der Waals surface area contributed by atoms with E-state index in [0.717, 1.165) is 5.56 Å². The topological polar surface area (TPSA) is 70.4 Å². The van der Waals surface area contributed by atoms with Gasteiger partial charge in [-0.3, -0.25) is 0 Å². The lowest BCUT2D eigenvalue weighted by atomic mass is 10.2. The number of rotatable bonds is 5. The van der Waals surface area contributed by atoms with E-state index in [0.29, 0.717) is 5.75 Å². The quantitative estimate of drug-likeness (QED) is 0.795. The van der Waals surface area contributed by atoms with Gasteiger partial charge in [0.2, 0.25) is 0 Å². The van der Waals surface area contributed by atoms with Crippen molar-refractivity contribution in [2.75, 3.05) is 6.61 Å². The summed E-state index contributed by atoms with van der Waals surface area (Å²) in [5, 5.41) is 17.7. The monoisotopic (exact) mass is 227 g/mol. The Balaban J connectivity index is 2.62. The van der Waals surface area contributed by atoms with Crippen LogP contribution in [-0.2, 0) is 5.75 Å². The van der Waals surface area contributed by atoms with E-state index in [-0.39, 0.29) is 17.6 Å². The first-order valence-corrected chi connectivity index (χ1v) is 5.59. The van der Waals surface area contributed by atoms with Crippen molar-refractivity contribution in [2.45, 2.75) is 17.9 Å². The smallest absolute Gasteiger partial charge is 0.354 e. The van der Waals surface area contributed by atoms with E-state index in [1.165, 1.54) is 6.20 Å². The maximum absolute atomic E-state index is 10.6. The van der Waals surface area contributed by atoms with Gasteiger partial charge in [0.05, 0.1) is 6.61 Å². The molecule has 82 valence electrons. The third-order valence-electron chi connectivity index (χ3n) is 1.84. The zero-order valence-corrected chi connectivity index (χ0v) is 9.20. The normalized spacial score (nSPS) is 12.4. The van der Waals surface area contributed by atoms with Gasteiger partial charge >= 0.3 is 5.97 Å². The molecule has 1 aromatic heterocycles. The van der Waals surface area contributed by atoms with Crippen molar-refractivity contribution < 1.29 is 15.0 Å². The molecule has 4 nitrogen and oxygen atoms in total. The Bertz CT molecular complexity index is 343. The second-order valence-electron chi connectivity index (χ2n) is 3.16. The third-order valence-corrected chi connectivity index (χ3v) is 3.05. The van der Waals surface area contributed by atoms with Crippen LogP contribution in [0.5, 0.6) is 0 Å². The van der Waals surface area contributed by atoms with Crippen molar-refractivity contribution in [1.82, 2.24) is 4.98 Å². The van der Waals surface area contributed by atoms with Crippen LogP contribution in [0.1, 0.15) is 23.0 Å². The van der Waals surface area contributed by atoms with E-state index in [4.69, 9.17) is 10.2 Å². The summed E-state index contributed by atoms with van der Waals surface area (Å²) in [5.74, 6) is -0.332. The number of carbonyl (C=O) groups is 1. The first kappa shape index (κ1) is 12.0. The van der Waals surface area contributed by atoms with Crippen molar-refractivity contribution in [3.8, 4) is 0 Å². The number of aromatic carboxylic acids is 1. The number of aliphatic hydroxyl groups excluding tert-OH is 1. The van der Waals surface area contributed by atoms with Crippen molar-refractivity contribution >= 4 is 17.7 Å². The second kappa shape index (κ2) is 5.72. The molecule has 0 saturated heterocycles. The summed E-state index contributed by atoms with van der Waals surface area (Å²) in [4.78, 5) is 14.4. The van der Waals surface area contributed by atoms with E-state index in [9.17, 15) is 4.79 Å². The van der Waals surface area contributed by atoms with Gasteiger partial charge in [-0.15, -0.1) is 0 Å². The van der Waals surface area contributed by atoms with Gasteiger partial charge < -0.3 is 10.2 Å². The molecule has 0 aliphatic carbocycles. The predicted molar refractivity (Wildman–Crippen MR) is 59.0 cm³/mol. The van der Waals surface area contributed by atoms with Gasteiger partial charge in [-0.25, -0.2) is 9.78 Å². The molecule has 0 radical (unpaired) electrons. The molecule has 0 saturated carbocycles. The van der Waals surface area contributed by atoms with Crippen LogP contribution in [0.15, 0.2) is 18.3 Å². The number of carboxylic acid groups (broad SMARTS) is 1. The van der Waals surface area contributed by atoms with E-state index in [2.05, 4.69) is 4.98 Å². The van der Waals surface area contributed by atoms with Crippen molar-refractivity contribution in [3.05, 3.63) is 29.6 Å². The Hall–Kier alpha value is -1.07. The average molecular weight is 227 g/mol. The molecule has 0 aliphatic rings. The average Bonchev–Trinajstić information content (AvgIpc) is 2.26. The first-order valence-electron chi connectivity index (χ1n) is 4.54. The molecular formula is C10H13NO3S. The van der Waals surface area contributed by atoms with E-state index in [1.807, 2.05) is 6.92 Å². The fourth-order valence-electron chi connectivity index (χ4n) is 0.972. The molecule has 0 aromatic carbocycles. The number of pyridine rings is 1. The number of hydrogen-bond donors (Lipinski definition) is 2. The molecule has 0 amide bonds. The summed E-state index contributed by atoms with van der Waals surface area (Å²) in [6.45, 7) is 2.05. The Kier molecular flexibility index (Phi) is 4.58. The molecule has 1 heterocycles. The molecule has 1 unspecified atom stereocenters. The largest absolute Gasteiger partial charge is 0.477 e. The molecule has 5 heteroatoms. The maximum Gasteiger partial charge on any atom is 0.354 e. The molecular weight excluding hydrogens is 214 g/mol. The number of thioether (sulfide) groups is 1. The maximum atomic E-state index is 10.6. The van der Waals surface area contributed by atoms with Gasteiger partial charge in [-0.05, 0) is 17.7 Å². The third kappa shape index (κ3) is 3.89. The standard InChI is InChI=1S/C10H13NO3S/c1-7(5-12)15-6-8-2-3-11-9(4-8)10(13)14/h2-4,7,12H,5-6H2,1H3,(H,13,14). The van der Waals surface area contributed by atoms with Gasteiger partial charge in [0.25, 0.3) is 0 Å². The highest BCUT2D eigenvalue weighted by Gasteiger charge is 2.06. The molecule has 2 N–H and O–H groups in total. The van der Waals surface area contributed by atoms with E-state index >= 15 is 0 Å². The SMILES string of the molecule is CC(CO)SCc1ccnc(C(=O)O)c1. The van der Waals surface area contributed by atoms with Gasteiger partial charge in [0, 0.05) is 17.2 Å². The van der Waals surface area contributed by atoms with Crippen LogP contribution in [0.3, 0.4) is 0 Å². The van der Waals surface area contributed by atoms with E-state index < -0.39 is 5.97 Å². The van der Waals surface area contributed by atoms with Crippen LogP contribution in [0.2, 0.25) is 0 Å². The Labute approximate surface area is 92.3 Å². The molecule has 0 bridgehead atoms. The van der Waals surface area contributed by atoms with E-state index in [1.54, 1.807) is 23.9 Å². The minimum atomic E-state index is -1.02. The summed E-state index contributed by atoms with van der Waals surface area (Å²) in [6.07, 6.45) is 1.49. The summed E-state index contributed by atoms with van der Waals surface area (Å²) >= 11 is 1.58. The van der Waals surface area contributed by atoms with Crippen LogP contribution in [0, 0.1) is 0 Å². The number of hydrogen-bond acceptors (Lipinski definition) is 4. The molecule has 15 heavy (non-hydrogen) atoms. The van der Waals surface area contributed by atoms with Crippen LogP contribution in [0.4, 0.5) is 0 Å². The van der Waals surface area contributed by atoms with Gasteiger partial charge in [-0.2, -0.15) is 11.8 Å². The zero-order valence-electron chi connectivity index (χ0n) is 8.38. The highest BCUT2D eigenvalue weighted by molar-refractivity contribution is 7.99. The van der Waals surface area contributed by atoms with Crippen molar-refractivity contribution in [1.29, 1.82) is 0 Å². The van der Waals surface area contributed by atoms with Crippen LogP contribution < -0.4 is 0 Å². The van der Waals surface area contributed by atoms with Gasteiger partial charge in [0.15, 0.2) is 0 Å². The lowest BCUT2D eigenvalue weighted by Crippen LogP contribution is -2.04. The fraction of sp³-hybridized carbons (Fsp3) is 0.400. The zero-order chi connectivity index (χ0) is 11.3. The second-order valence-corrected chi connectivity index (χ2v) is 4.59. The van der Waals surface area contributed by atoms with Crippen molar-refractivity contribution in [3.63, 3.8) is 0 Å². The van der Waals surface area contributed by atoms with Gasteiger partial charge in [-0.1, -0.05) is 6.92 Å². The summed E-state index contributed by atoms with van der Waals surface area (Å²) < 4.78 is 0. The molecule has 1 aromatic rings. The van der Waals surface area contributed by atoms with Crippen LogP contribution in [0.25, 0.3) is 0 Å². The Morgan fingerprint density at radius 3 is 3.00 bits per heavy atom. The fourth-order valence-corrected chi connectivity index (χ4v) is 1.73. The Morgan fingerprint density at radius 2 is 2.40 bits per heavy atom. The summed E-state index contributed by atoms with van der Waals surface area (Å²) in [5.41, 5.74) is 0.970. The molecule has 0 fully saturated rings. The minimum Gasteiger partial charge on any atom is -0.477 e. The van der Waals surface area contributed by atoms with Crippen LogP contribution in [-0.4, -0.2) is 33.0 Å². The predicted octanol–water partition coefficient (Wildman–Crippen LogP) is 1.39. The number of carboxylic acids is 1. The summed E-state index contributed by atoms with van der Waals surface area (Å²) in [7, 11) is 0. The highest BCUT2D eigenvalue weighted by atomic mass is 32.2. The van der Waals surface area contributed by atoms with Crippen molar-refractivity contribution in [2.24, 2.45) is 0 Å². The molecule has 1 atom stereocenters. The summed E-state index contributed by atoms with van der Waals surface area (Å²) in [6, 6.07) is 3.34. The lowest BCUT2D eigenvalue weighted by molar-refractivity contribution is 0.0690. The molecule has 1 rings (SSSR count). The first-order chi connectivity index (χ1) is 7.13. The van der Waals surface area contributed by atoms with Crippen LogP contribution >= 0.6 is 11.8 Å². The number of aliphatic hydroxyl groups is 1. The molecule has 0 spiro atoms. The molecule has 0 aliphatic heterocycles. The Morgan fingerprint density at radius 1 is 1.67 bits per heavy atom.